The maximum absolute atomic E-state index is 12.1. The Morgan fingerprint density at radius 1 is 1.14 bits per heavy atom. The predicted octanol–water partition coefficient (Wildman–Crippen LogP) is 4.88. The van der Waals surface area contributed by atoms with Crippen LogP contribution in [0.5, 0.6) is 0 Å². The van der Waals surface area contributed by atoms with Crippen LogP contribution in [-0.2, 0) is 11.3 Å². The molecule has 8 heteroatoms. The van der Waals surface area contributed by atoms with Crippen molar-refractivity contribution in [2.24, 2.45) is 0 Å². The quantitative estimate of drug-likeness (QED) is 0.600. The summed E-state index contributed by atoms with van der Waals surface area (Å²) in [6.07, 6.45) is 0.829. The van der Waals surface area contributed by atoms with Crippen LogP contribution in [0.2, 0.25) is 5.02 Å². The molecule has 29 heavy (non-hydrogen) atoms. The zero-order valence-corrected chi connectivity index (χ0v) is 16.7. The smallest absolute Gasteiger partial charge is 0.411 e. The number of hydrogen-bond donors (Lipinski definition) is 2. The van der Waals surface area contributed by atoms with Crippen LogP contribution in [0.3, 0.4) is 0 Å². The fourth-order valence-electron chi connectivity index (χ4n) is 2.56. The Hall–Kier alpha value is -3.32. The summed E-state index contributed by atoms with van der Waals surface area (Å²) < 4.78 is 10.4. The molecule has 0 saturated heterocycles. The number of ether oxygens (including phenoxy) is 1. The summed E-state index contributed by atoms with van der Waals surface area (Å²) in [5, 5.41) is 6.12. The van der Waals surface area contributed by atoms with Gasteiger partial charge in [-0.15, -0.1) is 0 Å². The minimum atomic E-state index is -0.560. The molecule has 0 unspecified atom stereocenters. The van der Waals surface area contributed by atoms with Gasteiger partial charge >= 0.3 is 6.09 Å². The van der Waals surface area contributed by atoms with Crippen molar-refractivity contribution in [2.45, 2.75) is 26.5 Å². The Kier molecular flexibility index (Phi) is 6.51. The zero-order chi connectivity index (χ0) is 20.8. The van der Waals surface area contributed by atoms with Gasteiger partial charge in [0.15, 0.2) is 5.89 Å². The van der Waals surface area contributed by atoms with Crippen LogP contribution < -0.4 is 10.6 Å². The number of nitrogens with one attached hydrogen (secondary N) is 2. The number of aryl methyl sites for hydroxylation is 1. The van der Waals surface area contributed by atoms with E-state index in [0.717, 1.165) is 11.1 Å². The first-order valence-corrected chi connectivity index (χ1v) is 9.30. The number of oxazole rings is 1. The van der Waals surface area contributed by atoms with Gasteiger partial charge in [-0.25, -0.2) is 9.78 Å². The van der Waals surface area contributed by atoms with Crippen LogP contribution >= 0.6 is 11.6 Å². The number of hydrogen-bond acceptors (Lipinski definition) is 5. The van der Waals surface area contributed by atoms with Gasteiger partial charge in [0.2, 0.25) is 5.76 Å². The van der Waals surface area contributed by atoms with Crippen molar-refractivity contribution in [1.29, 1.82) is 0 Å². The highest BCUT2D eigenvalue weighted by Crippen LogP contribution is 2.17. The summed E-state index contributed by atoms with van der Waals surface area (Å²) in [7, 11) is 0. The summed E-state index contributed by atoms with van der Waals surface area (Å²) in [5.41, 5.74) is 2.29. The lowest BCUT2D eigenvalue weighted by Crippen LogP contribution is -2.26. The van der Waals surface area contributed by atoms with Crippen LogP contribution in [0, 0.1) is 6.92 Å². The third-order valence-corrected chi connectivity index (χ3v) is 4.38. The first kappa shape index (κ1) is 20.4. The molecule has 2 N–H and O–H groups in total. The number of halogens is 1. The molecule has 2 aromatic carbocycles. The molecule has 0 saturated carbocycles. The lowest BCUT2D eigenvalue weighted by Gasteiger charge is -2.14. The van der Waals surface area contributed by atoms with E-state index in [2.05, 4.69) is 15.6 Å². The number of carbonyl (C=O) groups is 2. The highest BCUT2D eigenvalue weighted by atomic mass is 35.5. The molecular formula is C21H20ClN3O4. The number of anilines is 1. The molecule has 7 nitrogen and oxygen atoms in total. The lowest BCUT2D eigenvalue weighted by molar-refractivity contribution is 0.0910. The Bertz CT molecular complexity index is 984. The van der Waals surface area contributed by atoms with Crippen molar-refractivity contribution in [1.82, 2.24) is 10.3 Å². The standard InChI is InChI=1S/C21H20ClN3O4/c1-13(24-20(26)19-11-23-14(2)29-19)16-5-9-18(10-6-16)25-21(27)28-12-15-3-7-17(22)8-4-15/h3-11,13H,12H2,1-2H3,(H,24,26)(H,25,27)/t13-/m0/s1. The molecule has 1 heterocycles. The van der Waals surface area contributed by atoms with Crippen LogP contribution in [0.1, 0.15) is 40.5 Å². The van der Waals surface area contributed by atoms with E-state index < -0.39 is 6.09 Å². The molecule has 0 bridgehead atoms. The van der Waals surface area contributed by atoms with Gasteiger partial charge in [-0.2, -0.15) is 0 Å². The van der Waals surface area contributed by atoms with E-state index in [-0.39, 0.29) is 24.3 Å². The van der Waals surface area contributed by atoms with Gasteiger partial charge in [-0.05, 0) is 42.3 Å². The molecule has 0 fully saturated rings. The molecule has 1 aromatic heterocycles. The number of nitrogens with zero attached hydrogens (tertiary/aromatic N) is 1. The lowest BCUT2D eigenvalue weighted by atomic mass is 10.1. The van der Waals surface area contributed by atoms with Crippen molar-refractivity contribution < 1.29 is 18.7 Å². The van der Waals surface area contributed by atoms with Crippen LogP contribution in [0.15, 0.2) is 59.1 Å². The molecule has 3 aromatic rings. The number of aromatic nitrogens is 1. The highest BCUT2D eigenvalue weighted by molar-refractivity contribution is 6.30. The van der Waals surface area contributed by atoms with Crippen molar-refractivity contribution in [3.05, 3.63) is 82.5 Å². The van der Waals surface area contributed by atoms with E-state index in [4.69, 9.17) is 20.8 Å². The van der Waals surface area contributed by atoms with Crippen molar-refractivity contribution in [3.63, 3.8) is 0 Å². The van der Waals surface area contributed by atoms with E-state index >= 15 is 0 Å². The highest BCUT2D eigenvalue weighted by Gasteiger charge is 2.15. The fourth-order valence-corrected chi connectivity index (χ4v) is 2.68. The van der Waals surface area contributed by atoms with E-state index in [9.17, 15) is 9.59 Å². The average Bonchev–Trinajstić information content (AvgIpc) is 3.14. The van der Waals surface area contributed by atoms with Crippen molar-refractivity contribution >= 4 is 29.3 Å². The van der Waals surface area contributed by atoms with E-state index in [1.807, 2.05) is 19.1 Å². The third kappa shape index (κ3) is 5.83. The van der Waals surface area contributed by atoms with Gasteiger partial charge in [-0.3, -0.25) is 10.1 Å². The number of rotatable bonds is 6. The molecule has 0 spiro atoms. The van der Waals surface area contributed by atoms with Gasteiger partial charge in [0.25, 0.3) is 5.91 Å². The summed E-state index contributed by atoms with van der Waals surface area (Å²) >= 11 is 5.83. The first-order valence-electron chi connectivity index (χ1n) is 8.92. The van der Waals surface area contributed by atoms with Gasteiger partial charge in [0, 0.05) is 17.6 Å². The van der Waals surface area contributed by atoms with Gasteiger partial charge in [-0.1, -0.05) is 35.9 Å². The molecule has 3 rings (SSSR count). The summed E-state index contributed by atoms with van der Waals surface area (Å²) in [6, 6.07) is 13.9. The van der Waals surface area contributed by atoms with E-state index in [1.54, 1.807) is 43.3 Å². The SMILES string of the molecule is Cc1ncc(C(=O)N[C@@H](C)c2ccc(NC(=O)OCc3ccc(Cl)cc3)cc2)o1. The molecule has 150 valence electrons. The molecule has 0 aliphatic rings. The van der Waals surface area contributed by atoms with E-state index in [1.165, 1.54) is 6.20 Å². The van der Waals surface area contributed by atoms with Crippen LogP contribution in [0.25, 0.3) is 0 Å². The topological polar surface area (TPSA) is 93.5 Å². The van der Waals surface area contributed by atoms with Gasteiger partial charge < -0.3 is 14.5 Å². The molecule has 1 atom stereocenters. The maximum atomic E-state index is 12.1. The van der Waals surface area contributed by atoms with Crippen molar-refractivity contribution in [2.75, 3.05) is 5.32 Å². The largest absolute Gasteiger partial charge is 0.444 e. The maximum Gasteiger partial charge on any atom is 0.411 e. The van der Waals surface area contributed by atoms with Crippen LogP contribution in [0.4, 0.5) is 10.5 Å². The zero-order valence-electron chi connectivity index (χ0n) is 15.9. The minimum absolute atomic E-state index is 0.144. The van der Waals surface area contributed by atoms with E-state index in [0.29, 0.717) is 16.6 Å². The second-order valence-corrected chi connectivity index (χ2v) is 6.82. The number of amides is 2. The monoisotopic (exact) mass is 413 g/mol. The fraction of sp³-hybridized carbons (Fsp3) is 0.190. The Morgan fingerprint density at radius 3 is 2.45 bits per heavy atom. The van der Waals surface area contributed by atoms with Gasteiger partial charge in [0.1, 0.15) is 6.61 Å². The summed E-state index contributed by atoms with van der Waals surface area (Å²) in [4.78, 5) is 28.0. The summed E-state index contributed by atoms with van der Waals surface area (Å²) in [5.74, 6) is 0.253. The summed E-state index contributed by atoms with van der Waals surface area (Å²) in [6.45, 7) is 3.67. The Labute approximate surface area is 173 Å². The molecule has 2 amide bonds. The second-order valence-electron chi connectivity index (χ2n) is 6.39. The van der Waals surface area contributed by atoms with Crippen LogP contribution in [-0.4, -0.2) is 17.0 Å². The van der Waals surface area contributed by atoms with Gasteiger partial charge in [0.05, 0.1) is 12.2 Å². The first-order chi connectivity index (χ1) is 13.9. The predicted molar refractivity (Wildman–Crippen MR) is 109 cm³/mol. The van der Waals surface area contributed by atoms with Crippen molar-refractivity contribution in [3.8, 4) is 0 Å². The Balaban J connectivity index is 1.50. The molecule has 0 aliphatic heterocycles. The molecule has 0 radical (unpaired) electrons. The number of carbonyl (C=O) groups excluding carboxylic acids is 2. The second kappa shape index (κ2) is 9.25. The third-order valence-electron chi connectivity index (χ3n) is 4.13. The molecular weight excluding hydrogens is 394 g/mol. The Morgan fingerprint density at radius 2 is 1.83 bits per heavy atom. The molecule has 0 aliphatic carbocycles. The minimum Gasteiger partial charge on any atom is -0.444 e. The number of benzene rings is 2. The average molecular weight is 414 g/mol. The normalized spacial score (nSPS) is 11.6.